The number of likely N-dealkylation sites (tertiary alicyclic amines) is 1. The van der Waals surface area contributed by atoms with Crippen molar-refractivity contribution in [3.63, 3.8) is 0 Å². The maximum absolute atomic E-state index is 13.2. The molecule has 4 bridgehead atoms. The summed E-state index contributed by atoms with van der Waals surface area (Å²) >= 11 is 0. The molecule has 4 aliphatic carbocycles. The van der Waals surface area contributed by atoms with Crippen LogP contribution in [-0.4, -0.2) is 56.9 Å². The largest absolute Gasteiger partial charge is 0.392 e. The Hall–Kier alpha value is -4.74. The van der Waals surface area contributed by atoms with Gasteiger partial charge in [-0.05, 0) is 115 Å². The molecule has 0 radical (unpaired) electrons. The number of hydrogen-bond acceptors (Lipinski definition) is 6. The number of amides is 2. The molecule has 2 saturated heterocycles. The lowest BCUT2D eigenvalue weighted by atomic mass is 9.53. The van der Waals surface area contributed by atoms with E-state index in [1.54, 1.807) is 0 Å². The molecule has 59 heavy (non-hydrogen) atoms. The molecule has 4 aromatic carbocycles. The number of para-hydroxylation sites is 2. The molecule has 4 saturated carbocycles. The molecule has 5 aromatic rings. The third kappa shape index (κ3) is 7.88. The lowest BCUT2D eigenvalue weighted by Crippen LogP contribution is -2.61. The first-order valence-corrected chi connectivity index (χ1v) is 22.0. The number of rotatable bonds is 10. The molecular weight excluding hydrogens is 739 g/mol. The normalized spacial score (nSPS) is 29.5. The van der Waals surface area contributed by atoms with Gasteiger partial charge < -0.3 is 35.1 Å². The Kier molecular flexibility index (Phi) is 10.4. The Morgan fingerprint density at radius 2 is 1.51 bits per heavy atom. The standard InChI is InChI=1S/C49H57N5O5/c1-31-44(29-53-19-17-41(18-20-53)54-43-8-3-2-7-42(43)51-48(54)57)58-46(59-45(31)38-11-9-32(30-55)10-12-38)39-15-13-37(14-16-39)40-6-4-5-33(24-40)28-50-47(56)52-49-25-34-21-35(26-49)23-36(22-34)27-49/h2-16,24,31,34-36,41,44-46,55H,17-23,25-30H2,1H3,(H,51,57)(H2,50,52,56). The summed E-state index contributed by atoms with van der Waals surface area (Å²) in [6.45, 7) is 5.20. The van der Waals surface area contributed by atoms with Crippen LogP contribution in [0, 0.1) is 23.7 Å². The zero-order valence-corrected chi connectivity index (χ0v) is 34.0. The van der Waals surface area contributed by atoms with Crippen LogP contribution in [-0.2, 0) is 22.6 Å². The van der Waals surface area contributed by atoms with Gasteiger partial charge in [-0.3, -0.25) is 4.57 Å². The number of carbonyl (C=O) groups is 1. The van der Waals surface area contributed by atoms with Crippen molar-refractivity contribution < 1.29 is 19.4 Å². The maximum Gasteiger partial charge on any atom is 0.326 e. The maximum atomic E-state index is 13.2. The van der Waals surface area contributed by atoms with Crippen molar-refractivity contribution in [2.75, 3.05) is 19.6 Å². The van der Waals surface area contributed by atoms with Crippen LogP contribution in [0.4, 0.5) is 4.79 Å². The number of hydrogen-bond donors (Lipinski definition) is 4. The van der Waals surface area contributed by atoms with Gasteiger partial charge in [0, 0.05) is 49.2 Å². The molecule has 10 nitrogen and oxygen atoms in total. The summed E-state index contributed by atoms with van der Waals surface area (Å²) in [6.07, 6.45) is 8.44. The summed E-state index contributed by atoms with van der Waals surface area (Å²) in [5.41, 5.74) is 7.95. The van der Waals surface area contributed by atoms with Crippen molar-refractivity contribution in [2.24, 2.45) is 23.7 Å². The van der Waals surface area contributed by atoms with Crippen LogP contribution in [0.2, 0.25) is 0 Å². The van der Waals surface area contributed by atoms with Crippen molar-refractivity contribution in [1.82, 2.24) is 25.1 Å². The van der Waals surface area contributed by atoms with Gasteiger partial charge in [-0.25, -0.2) is 9.59 Å². The number of fused-ring (bicyclic) bond motifs is 1. The predicted octanol–water partition coefficient (Wildman–Crippen LogP) is 8.39. The Morgan fingerprint density at radius 3 is 2.22 bits per heavy atom. The summed E-state index contributed by atoms with van der Waals surface area (Å²) in [7, 11) is 0. The minimum Gasteiger partial charge on any atom is -0.392 e. The van der Waals surface area contributed by atoms with Crippen molar-refractivity contribution in [3.05, 3.63) is 130 Å². The van der Waals surface area contributed by atoms with Crippen LogP contribution in [0.15, 0.2) is 102 Å². The smallest absolute Gasteiger partial charge is 0.326 e. The summed E-state index contributed by atoms with van der Waals surface area (Å²) in [6, 6.07) is 33.0. The number of nitrogens with one attached hydrogen (secondary N) is 3. The third-order valence-electron chi connectivity index (χ3n) is 14.4. The second-order valence-electron chi connectivity index (χ2n) is 18.5. The monoisotopic (exact) mass is 795 g/mol. The van der Waals surface area contributed by atoms with Gasteiger partial charge in [0.05, 0.1) is 29.8 Å². The van der Waals surface area contributed by atoms with Crippen LogP contribution >= 0.6 is 0 Å². The second kappa shape index (κ2) is 16.0. The van der Waals surface area contributed by atoms with Crippen LogP contribution in [0.25, 0.3) is 22.2 Å². The number of benzene rings is 4. The molecule has 2 amide bonds. The number of aromatic nitrogens is 2. The van der Waals surface area contributed by atoms with Gasteiger partial charge in [0.1, 0.15) is 0 Å². The Labute approximate surface area is 346 Å². The molecule has 10 heteroatoms. The van der Waals surface area contributed by atoms with E-state index >= 15 is 0 Å². The Morgan fingerprint density at radius 1 is 0.814 bits per heavy atom. The number of ether oxygens (including phenoxy) is 2. The fourth-order valence-corrected chi connectivity index (χ4v) is 11.8. The van der Waals surface area contributed by atoms with Crippen molar-refractivity contribution >= 4 is 17.1 Å². The number of urea groups is 1. The lowest BCUT2D eigenvalue weighted by Gasteiger charge is -2.56. The van der Waals surface area contributed by atoms with Crippen LogP contribution in [0.1, 0.15) is 99.0 Å². The van der Waals surface area contributed by atoms with Crippen molar-refractivity contribution in [2.45, 2.75) is 102 Å². The van der Waals surface area contributed by atoms with Gasteiger partial charge in [-0.1, -0.05) is 85.8 Å². The lowest BCUT2D eigenvalue weighted by molar-refractivity contribution is -0.276. The number of piperidine rings is 1. The molecule has 2 aliphatic heterocycles. The fraction of sp³-hybridized carbons (Fsp3) is 0.469. The van der Waals surface area contributed by atoms with Gasteiger partial charge in [0.15, 0.2) is 6.29 Å². The van der Waals surface area contributed by atoms with E-state index in [4.69, 9.17) is 9.47 Å². The first-order valence-electron chi connectivity index (χ1n) is 22.0. The molecule has 1 aromatic heterocycles. The molecule has 4 unspecified atom stereocenters. The van der Waals surface area contributed by atoms with Gasteiger partial charge in [0.25, 0.3) is 0 Å². The molecule has 4 atom stereocenters. The average Bonchev–Trinajstić information content (AvgIpc) is 3.59. The number of H-pyrrole nitrogens is 1. The van der Waals surface area contributed by atoms with Crippen LogP contribution in [0.3, 0.4) is 0 Å². The molecule has 0 spiro atoms. The van der Waals surface area contributed by atoms with Crippen molar-refractivity contribution in [3.8, 4) is 11.1 Å². The average molecular weight is 796 g/mol. The van der Waals surface area contributed by atoms with E-state index in [-0.39, 0.29) is 48.0 Å². The Balaban J connectivity index is 0.808. The number of imidazole rings is 1. The van der Waals surface area contributed by atoms with Gasteiger partial charge in [-0.2, -0.15) is 0 Å². The van der Waals surface area contributed by atoms with E-state index in [2.05, 4.69) is 88.1 Å². The summed E-state index contributed by atoms with van der Waals surface area (Å²) in [4.78, 5) is 31.6. The highest BCUT2D eigenvalue weighted by molar-refractivity contribution is 5.75. The fourth-order valence-electron chi connectivity index (χ4n) is 11.8. The molecule has 6 fully saturated rings. The second-order valence-corrected chi connectivity index (χ2v) is 18.5. The highest BCUT2D eigenvalue weighted by atomic mass is 16.7. The van der Waals surface area contributed by atoms with Gasteiger partial charge in [-0.15, -0.1) is 0 Å². The molecular formula is C49H57N5O5. The highest BCUT2D eigenvalue weighted by Gasteiger charge is 2.51. The third-order valence-corrected chi connectivity index (χ3v) is 14.4. The number of aliphatic hydroxyl groups is 1. The number of carbonyl (C=O) groups excluding carboxylic acids is 1. The Bertz CT molecular complexity index is 2290. The first kappa shape index (κ1) is 38.5. The van der Waals surface area contributed by atoms with Crippen molar-refractivity contribution in [1.29, 1.82) is 0 Å². The van der Waals surface area contributed by atoms with Crippen LogP contribution in [0.5, 0.6) is 0 Å². The minimum atomic E-state index is -0.557. The molecule has 3 heterocycles. The first-order chi connectivity index (χ1) is 28.8. The number of aromatic amines is 1. The van der Waals surface area contributed by atoms with Gasteiger partial charge in [0.2, 0.25) is 0 Å². The molecule has 308 valence electrons. The molecule has 6 aliphatic rings. The summed E-state index contributed by atoms with van der Waals surface area (Å²) in [5.74, 6) is 2.44. The van der Waals surface area contributed by atoms with Gasteiger partial charge >= 0.3 is 11.7 Å². The predicted molar refractivity (Wildman–Crippen MR) is 228 cm³/mol. The van der Waals surface area contributed by atoms with E-state index in [0.29, 0.717) is 6.54 Å². The minimum absolute atomic E-state index is 0.000876. The van der Waals surface area contributed by atoms with E-state index in [1.165, 1.54) is 19.3 Å². The van der Waals surface area contributed by atoms with E-state index in [0.717, 1.165) is 114 Å². The van der Waals surface area contributed by atoms with Crippen LogP contribution < -0.4 is 16.3 Å². The number of aliphatic hydroxyl groups excluding tert-OH is 1. The molecule has 11 rings (SSSR count). The molecule has 4 N–H and O–H groups in total. The summed E-state index contributed by atoms with van der Waals surface area (Å²) < 4.78 is 15.6. The van der Waals surface area contributed by atoms with E-state index in [1.807, 2.05) is 41.0 Å². The quantitative estimate of drug-likeness (QED) is 0.113. The zero-order chi connectivity index (χ0) is 40.1. The van der Waals surface area contributed by atoms with E-state index in [9.17, 15) is 14.7 Å². The number of nitrogens with zero attached hydrogens (tertiary/aromatic N) is 2. The van der Waals surface area contributed by atoms with E-state index < -0.39 is 6.29 Å². The highest BCUT2D eigenvalue weighted by Crippen LogP contribution is 2.55. The summed E-state index contributed by atoms with van der Waals surface area (Å²) in [5, 5.41) is 16.3. The zero-order valence-electron chi connectivity index (χ0n) is 34.0. The topological polar surface area (TPSA) is 121 Å². The SMILES string of the molecule is CC1C(CN2CCC(n3c(=O)[nH]c4ccccc43)CC2)OC(c2ccc(-c3cccc(CNC(=O)NC45CC6CC(CC(C6)C4)C5)c3)cc2)OC1c1ccc(CO)cc1.